The fourth-order valence-corrected chi connectivity index (χ4v) is 4.25. The molecule has 29 heavy (non-hydrogen) atoms. The Bertz CT molecular complexity index is 409. The molecule has 0 aromatic heterocycles. The zero-order chi connectivity index (χ0) is 22.6. The molecule has 0 atom stereocenters. The number of likely N-dealkylation sites (tertiary alicyclic amines) is 3. The highest BCUT2D eigenvalue weighted by molar-refractivity contribution is 8.04. The van der Waals surface area contributed by atoms with Crippen molar-refractivity contribution in [1.82, 2.24) is 0 Å². The molecule has 176 valence electrons. The summed E-state index contributed by atoms with van der Waals surface area (Å²) in [5.74, 6) is 0. The molecule has 8 heteroatoms. The second kappa shape index (κ2) is 13.7. The Kier molecular flexibility index (Phi) is 13.9. The van der Waals surface area contributed by atoms with E-state index in [9.17, 15) is 0 Å². The molecule has 3 aliphatic rings. The van der Waals surface area contributed by atoms with Gasteiger partial charge in [0.05, 0.1) is 80.0 Å². The summed E-state index contributed by atoms with van der Waals surface area (Å²) in [6.45, 7) is 14.7. The number of rotatable bonds is 3. The molecule has 3 saturated heterocycles. The third kappa shape index (κ3) is 14.9. The number of hydrogen-bond acceptors (Lipinski definition) is 4. The summed E-state index contributed by atoms with van der Waals surface area (Å²) < 4.78 is 3.96. The van der Waals surface area contributed by atoms with Crippen LogP contribution in [0.15, 0.2) is 0 Å². The van der Waals surface area contributed by atoms with Crippen molar-refractivity contribution in [2.75, 3.05) is 80.0 Å². The summed E-state index contributed by atoms with van der Waals surface area (Å²) in [4.78, 5) is 26.8. The third-order valence-electron chi connectivity index (χ3n) is 7.23. The molecule has 6 nitrogen and oxygen atoms in total. The van der Waals surface area contributed by atoms with E-state index in [1.807, 2.05) is 0 Å². The smallest absolute Gasteiger partial charge is 0.0786 e. The van der Waals surface area contributed by atoms with Crippen molar-refractivity contribution in [2.24, 2.45) is 0 Å². The van der Waals surface area contributed by atoms with Gasteiger partial charge in [-0.2, -0.15) is 11.8 Å². The van der Waals surface area contributed by atoms with E-state index in [1.165, 1.54) is 111 Å². The van der Waals surface area contributed by atoms with Crippen LogP contribution in [0.2, 0.25) is 0 Å². The standard InChI is InChI=1S/3C7H16N.H3O3PS/c3*1-3-8(2)6-4-5-7-8;1-4(2,3)5/h3*3-7H2,1-2H3;(H3,1,2,3,5)/q3*+1;/p-3. The van der Waals surface area contributed by atoms with Crippen molar-refractivity contribution in [2.45, 2.75) is 59.3 Å². The lowest BCUT2D eigenvalue weighted by Gasteiger charge is -2.43. The Morgan fingerprint density at radius 2 is 0.690 bits per heavy atom. The van der Waals surface area contributed by atoms with Gasteiger partial charge in [0.15, 0.2) is 0 Å². The quantitative estimate of drug-likeness (QED) is 0.473. The van der Waals surface area contributed by atoms with Gasteiger partial charge in [-0.3, -0.25) is 0 Å². The van der Waals surface area contributed by atoms with Crippen LogP contribution < -0.4 is 14.7 Å². The van der Waals surface area contributed by atoms with Gasteiger partial charge in [-0.1, -0.05) is 0 Å². The Labute approximate surface area is 186 Å². The van der Waals surface area contributed by atoms with Crippen LogP contribution in [-0.2, 0) is 11.8 Å². The van der Waals surface area contributed by atoms with E-state index < -0.39 is 6.72 Å². The molecule has 0 saturated carbocycles. The molecular weight excluding hydrogens is 405 g/mol. The van der Waals surface area contributed by atoms with Gasteiger partial charge in [-0.05, 0) is 20.8 Å². The fourth-order valence-electron chi connectivity index (χ4n) is 4.25. The Morgan fingerprint density at radius 3 is 0.759 bits per heavy atom. The van der Waals surface area contributed by atoms with Gasteiger partial charge in [0, 0.05) is 38.5 Å². The van der Waals surface area contributed by atoms with Crippen molar-refractivity contribution in [3.05, 3.63) is 0 Å². The molecule has 0 aliphatic carbocycles. The van der Waals surface area contributed by atoms with Gasteiger partial charge in [0.2, 0.25) is 0 Å². The SMILES string of the molecule is CC[N+]1(C)CCCC1.CC[N+]1(C)CCCC1.CC[N+]1(C)CCCC1.[O-]P([O-])([O-])=S. The third-order valence-corrected chi connectivity index (χ3v) is 7.23. The van der Waals surface area contributed by atoms with Gasteiger partial charge in [-0.25, -0.2) is 0 Å². The first-order chi connectivity index (χ1) is 13.3. The zero-order valence-electron chi connectivity index (χ0n) is 20.0. The van der Waals surface area contributed by atoms with Crippen molar-refractivity contribution in [3.8, 4) is 0 Å². The molecule has 3 fully saturated rings. The number of quaternary nitrogens is 3. The lowest BCUT2D eigenvalue weighted by atomic mass is 10.4. The Balaban J connectivity index is 0.000000367. The summed E-state index contributed by atoms with van der Waals surface area (Å²) in [6.07, 6.45) is 8.69. The second-order valence-electron chi connectivity index (χ2n) is 9.72. The van der Waals surface area contributed by atoms with Crippen LogP contribution in [0.5, 0.6) is 0 Å². The number of nitrogens with zero attached hydrogens (tertiary/aromatic N) is 3. The molecule has 0 spiro atoms. The van der Waals surface area contributed by atoms with Crippen LogP contribution in [-0.4, -0.2) is 93.5 Å². The normalized spacial score (nSPS) is 23.8. The molecule has 3 rings (SSSR count). The maximum atomic E-state index is 8.92. The van der Waals surface area contributed by atoms with Crippen LogP contribution in [0.25, 0.3) is 0 Å². The topological polar surface area (TPSA) is 69.2 Å². The minimum Gasteiger partial charge on any atom is -0.844 e. The largest absolute Gasteiger partial charge is 0.844 e. The molecule has 0 N–H and O–H groups in total. The maximum absolute atomic E-state index is 8.92. The van der Waals surface area contributed by atoms with Gasteiger partial charge < -0.3 is 34.8 Å². The molecule has 3 aliphatic heterocycles. The summed E-state index contributed by atoms with van der Waals surface area (Å²) in [7, 11) is 7.06. The lowest BCUT2D eigenvalue weighted by molar-refractivity contribution is -0.895. The van der Waals surface area contributed by atoms with Crippen molar-refractivity contribution in [1.29, 1.82) is 0 Å². The second-order valence-corrected chi connectivity index (χ2v) is 12.0. The van der Waals surface area contributed by atoms with Crippen LogP contribution in [0.1, 0.15) is 59.3 Å². The van der Waals surface area contributed by atoms with E-state index in [4.69, 9.17) is 14.7 Å². The van der Waals surface area contributed by atoms with Crippen LogP contribution in [0, 0.1) is 0 Å². The summed E-state index contributed by atoms with van der Waals surface area (Å²) in [5, 5.41) is 0. The maximum Gasteiger partial charge on any atom is 0.0786 e. The zero-order valence-corrected chi connectivity index (χ0v) is 21.7. The molecule has 0 bridgehead atoms. The van der Waals surface area contributed by atoms with Gasteiger partial charge in [0.1, 0.15) is 0 Å². The molecule has 3 heterocycles. The predicted molar refractivity (Wildman–Crippen MR) is 121 cm³/mol. The Morgan fingerprint density at radius 1 is 0.552 bits per heavy atom. The first-order valence-electron chi connectivity index (χ1n) is 11.5. The highest BCUT2D eigenvalue weighted by Crippen LogP contribution is 2.15. The van der Waals surface area contributed by atoms with E-state index in [0.29, 0.717) is 0 Å². The van der Waals surface area contributed by atoms with E-state index in [0.717, 1.165) is 0 Å². The van der Waals surface area contributed by atoms with Crippen molar-refractivity contribution < 1.29 is 28.1 Å². The Hall–Kier alpha value is 0.410. The van der Waals surface area contributed by atoms with E-state index >= 15 is 0 Å². The first kappa shape index (κ1) is 29.4. The fraction of sp³-hybridized carbons (Fsp3) is 1.00. The van der Waals surface area contributed by atoms with E-state index in [1.54, 1.807) is 0 Å². The monoisotopic (exact) mass is 453 g/mol. The molecule has 0 radical (unpaired) electrons. The highest BCUT2D eigenvalue weighted by Gasteiger charge is 2.24. The van der Waals surface area contributed by atoms with Crippen LogP contribution >= 0.6 is 6.72 Å². The molecule has 0 amide bonds. The van der Waals surface area contributed by atoms with Gasteiger partial charge in [-0.15, -0.1) is 0 Å². The minimum absolute atomic E-state index is 1.32. The summed E-state index contributed by atoms with van der Waals surface area (Å²) in [6, 6.07) is 0. The number of hydrogen-bond donors (Lipinski definition) is 0. The molecule has 0 aromatic carbocycles. The average molecular weight is 454 g/mol. The lowest BCUT2D eigenvalue weighted by Crippen LogP contribution is -2.40. The summed E-state index contributed by atoms with van der Waals surface area (Å²) >= 11 is 3.27. The van der Waals surface area contributed by atoms with Crippen molar-refractivity contribution in [3.63, 3.8) is 0 Å². The summed E-state index contributed by atoms with van der Waals surface area (Å²) in [5.41, 5.74) is 0. The van der Waals surface area contributed by atoms with Gasteiger partial charge in [0.25, 0.3) is 0 Å². The van der Waals surface area contributed by atoms with Crippen LogP contribution in [0.4, 0.5) is 0 Å². The average Bonchev–Trinajstić information content (AvgIpc) is 3.38. The van der Waals surface area contributed by atoms with E-state index in [-0.39, 0.29) is 0 Å². The minimum atomic E-state index is -4.56. The van der Waals surface area contributed by atoms with Crippen LogP contribution in [0.3, 0.4) is 0 Å². The van der Waals surface area contributed by atoms with E-state index in [2.05, 4.69) is 53.7 Å². The van der Waals surface area contributed by atoms with Gasteiger partial charge >= 0.3 is 0 Å². The molecule has 0 aromatic rings. The molecule has 0 unspecified atom stereocenters. The predicted octanol–water partition coefficient (Wildman–Crippen LogP) is 1.03. The molecular formula is C21H48N3O3PS. The first-order valence-corrected chi connectivity index (χ1v) is 14.1. The highest BCUT2D eigenvalue weighted by atomic mass is 32.5. The van der Waals surface area contributed by atoms with Crippen molar-refractivity contribution >= 4 is 18.5 Å².